The van der Waals surface area contributed by atoms with Gasteiger partial charge in [-0.15, -0.1) is 11.8 Å². The van der Waals surface area contributed by atoms with Crippen LogP contribution in [0, 0.1) is 27.8 Å². The molecule has 7 nitrogen and oxygen atoms in total. The van der Waals surface area contributed by atoms with Gasteiger partial charge in [0.05, 0.1) is 23.0 Å². The van der Waals surface area contributed by atoms with Crippen LogP contribution in [0.3, 0.4) is 0 Å². The van der Waals surface area contributed by atoms with Crippen molar-refractivity contribution in [2.24, 2.45) is 16.8 Å². The van der Waals surface area contributed by atoms with E-state index in [2.05, 4.69) is 0 Å². The van der Waals surface area contributed by atoms with E-state index in [1.807, 2.05) is 6.92 Å². The molecule has 2 aliphatic heterocycles. The lowest BCUT2D eigenvalue weighted by atomic mass is 9.72. The van der Waals surface area contributed by atoms with Crippen molar-refractivity contribution >= 4 is 28.5 Å². The molecule has 0 aromatic heterocycles. The van der Waals surface area contributed by atoms with Crippen LogP contribution < -0.4 is 0 Å². The van der Waals surface area contributed by atoms with Crippen LogP contribution in [-0.4, -0.2) is 40.5 Å². The average Bonchev–Trinajstić information content (AvgIpc) is 2.60. The molecule has 0 unspecified atom stereocenters. The minimum Gasteiger partial charge on any atom is -0.460 e. The number of ether oxygens (including phenoxy) is 2. The number of carbonyl (C=O) groups excluding carboxylic acids is 1. The van der Waals surface area contributed by atoms with Crippen molar-refractivity contribution in [1.29, 1.82) is 0 Å². The van der Waals surface area contributed by atoms with Gasteiger partial charge in [-0.3, -0.25) is 19.9 Å². The van der Waals surface area contributed by atoms with Crippen LogP contribution in [0.1, 0.15) is 39.7 Å². The van der Waals surface area contributed by atoms with Gasteiger partial charge in [-0.25, -0.2) is 4.39 Å². The molecule has 0 spiro atoms. The molecule has 0 saturated carbocycles. The monoisotopic (exact) mass is 424 g/mol. The summed E-state index contributed by atoms with van der Waals surface area (Å²) in [5, 5.41) is 11.8. The van der Waals surface area contributed by atoms with Gasteiger partial charge in [-0.1, -0.05) is 6.92 Å². The van der Waals surface area contributed by atoms with Gasteiger partial charge in [0.25, 0.3) is 5.69 Å². The fourth-order valence-corrected chi connectivity index (χ4v) is 5.26. The first-order valence-corrected chi connectivity index (χ1v) is 10.5. The first kappa shape index (κ1) is 21.7. The van der Waals surface area contributed by atoms with Crippen molar-refractivity contribution in [3.63, 3.8) is 0 Å². The summed E-state index contributed by atoms with van der Waals surface area (Å²) in [5.74, 6) is -0.344. The lowest BCUT2D eigenvalue weighted by Crippen LogP contribution is -2.51. The number of non-ortho nitro benzene ring substituents is 1. The molecule has 3 rings (SSSR count). The highest BCUT2D eigenvalue weighted by molar-refractivity contribution is 8.14. The number of benzene rings is 1. The number of thioether (sulfide) groups is 1. The van der Waals surface area contributed by atoms with Crippen molar-refractivity contribution in [3.05, 3.63) is 39.7 Å². The molecule has 1 saturated heterocycles. The summed E-state index contributed by atoms with van der Waals surface area (Å²) in [6.45, 7) is 7.98. The fraction of sp³-hybridized carbons (Fsp3) is 0.600. The van der Waals surface area contributed by atoms with E-state index in [1.54, 1.807) is 20.8 Å². The Morgan fingerprint density at radius 3 is 2.86 bits per heavy atom. The first-order chi connectivity index (χ1) is 13.5. The molecular formula is C20H25FN2O5S. The number of nitro groups is 1. The number of fused-ring (bicyclic) bond motifs is 1. The maximum absolute atomic E-state index is 14.9. The van der Waals surface area contributed by atoms with Crippen LogP contribution in [-0.2, 0) is 19.8 Å². The molecule has 9 heteroatoms. The lowest BCUT2D eigenvalue weighted by molar-refractivity contribution is -0.385. The highest BCUT2D eigenvalue weighted by Crippen LogP contribution is 2.48. The molecule has 1 fully saturated rings. The first-order valence-electron chi connectivity index (χ1n) is 9.47. The Balaban J connectivity index is 2.04. The summed E-state index contributed by atoms with van der Waals surface area (Å²) in [6, 6.07) is 3.48. The predicted molar refractivity (Wildman–Crippen MR) is 109 cm³/mol. The van der Waals surface area contributed by atoms with Gasteiger partial charge in [0.2, 0.25) is 0 Å². The number of aliphatic imine (C=N–C) groups is 1. The van der Waals surface area contributed by atoms with Crippen molar-refractivity contribution in [2.75, 3.05) is 19.0 Å². The second-order valence-electron chi connectivity index (χ2n) is 8.52. The van der Waals surface area contributed by atoms with Gasteiger partial charge in [0.1, 0.15) is 17.0 Å². The highest BCUT2D eigenvalue weighted by atomic mass is 32.2. The Morgan fingerprint density at radius 1 is 1.48 bits per heavy atom. The predicted octanol–water partition coefficient (Wildman–Crippen LogP) is 4.09. The molecule has 0 N–H and O–H groups in total. The molecule has 29 heavy (non-hydrogen) atoms. The van der Waals surface area contributed by atoms with E-state index >= 15 is 0 Å². The second-order valence-corrected chi connectivity index (χ2v) is 9.62. The standard InChI is InChI=1S/C20H25FN2O5S/c1-12-9-27-11-20(14-7-13(23(25)26)5-6-16(14)21)15(12)10-29-17(22-20)8-18(24)28-19(2,3)4/h5-7,12,15H,8-11H2,1-4H3/t12-,15-,20-/m1/s1. The smallest absolute Gasteiger partial charge is 0.312 e. The minimum atomic E-state index is -1.10. The van der Waals surface area contributed by atoms with E-state index < -0.39 is 27.8 Å². The largest absolute Gasteiger partial charge is 0.460 e. The number of rotatable bonds is 4. The lowest BCUT2D eigenvalue weighted by Gasteiger charge is -2.47. The third-order valence-electron chi connectivity index (χ3n) is 5.10. The summed E-state index contributed by atoms with van der Waals surface area (Å²) in [5.41, 5.74) is -1.78. The van der Waals surface area contributed by atoms with Crippen molar-refractivity contribution in [2.45, 2.75) is 45.3 Å². The number of carbonyl (C=O) groups is 1. The maximum atomic E-state index is 14.9. The van der Waals surface area contributed by atoms with Crippen molar-refractivity contribution < 1.29 is 23.6 Å². The Kier molecular flexibility index (Phi) is 6.01. The third kappa shape index (κ3) is 4.61. The van der Waals surface area contributed by atoms with Crippen molar-refractivity contribution in [3.8, 4) is 0 Å². The van der Waals surface area contributed by atoms with Gasteiger partial charge in [-0.05, 0) is 32.8 Å². The van der Waals surface area contributed by atoms with E-state index in [0.717, 1.165) is 12.1 Å². The molecule has 2 aliphatic rings. The fourth-order valence-electron chi connectivity index (χ4n) is 3.84. The van der Waals surface area contributed by atoms with Gasteiger partial charge in [0, 0.05) is 36.0 Å². The number of hydrogen-bond donors (Lipinski definition) is 0. The summed E-state index contributed by atoms with van der Waals surface area (Å²) in [7, 11) is 0. The summed E-state index contributed by atoms with van der Waals surface area (Å²) >= 11 is 1.45. The zero-order valence-electron chi connectivity index (χ0n) is 16.9. The van der Waals surface area contributed by atoms with Crippen LogP contribution in [0.2, 0.25) is 0 Å². The van der Waals surface area contributed by atoms with Gasteiger partial charge in [0.15, 0.2) is 0 Å². The number of nitro benzene ring substituents is 1. The highest BCUT2D eigenvalue weighted by Gasteiger charge is 2.50. The zero-order chi connectivity index (χ0) is 21.4. The molecule has 0 amide bonds. The van der Waals surface area contributed by atoms with Gasteiger partial charge >= 0.3 is 5.97 Å². The average molecular weight is 424 g/mol. The Hall–Kier alpha value is -2.00. The zero-order valence-corrected chi connectivity index (χ0v) is 17.8. The number of halogens is 1. The van der Waals surface area contributed by atoms with E-state index in [4.69, 9.17) is 14.5 Å². The van der Waals surface area contributed by atoms with E-state index in [1.165, 1.54) is 17.8 Å². The maximum Gasteiger partial charge on any atom is 0.312 e. The second kappa shape index (κ2) is 8.02. The summed E-state index contributed by atoms with van der Waals surface area (Å²) in [4.78, 5) is 27.8. The molecule has 0 aliphatic carbocycles. The van der Waals surface area contributed by atoms with Crippen LogP contribution in [0.5, 0.6) is 0 Å². The SMILES string of the molecule is C[C@@H]1COC[C@]2(c3cc([N+](=O)[O-])ccc3F)N=C(CC(=O)OC(C)(C)C)SC[C@H]12. The topological polar surface area (TPSA) is 91.0 Å². The summed E-state index contributed by atoms with van der Waals surface area (Å²) < 4.78 is 26.0. The van der Waals surface area contributed by atoms with E-state index in [-0.39, 0.29) is 36.1 Å². The third-order valence-corrected chi connectivity index (χ3v) is 6.19. The van der Waals surface area contributed by atoms with E-state index in [0.29, 0.717) is 17.4 Å². The molecule has 2 heterocycles. The molecule has 0 bridgehead atoms. The molecule has 0 radical (unpaired) electrons. The number of hydrogen-bond acceptors (Lipinski definition) is 7. The van der Waals surface area contributed by atoms with Crippen LogP contribution in [0.4, 0.5) is 10.1 Å². The summed E-state index contributed by atoms with van der Waals surface area (Å²) in [6.07, 6.45) is -0.0265. The van der Waals surface area contributed by atoms with Gasteiger partial charge in [-0.2, -0.15) is 0 Å². The molecule has 3 atom stereocenters. The van der Waals surface area contributed by atoms with Crippen molar-refractivity contribution in [1.82, 2.24) is 0 Å². The molecule has 1 aromatic rings. The van der Waals surface area contributed by atoms with Crippen LogP contribution in [0.25, 0.3) is 0 Å². The molecule has 1 aromatic carbocycles. The quantitative estimate of drug-likeness (QED) is 0.411. The van der Waals surface area contributed by atoms with Gasteiger partial charge < -0.3 is 9.47 Å². The van der Waals surface area contributed by atoms with Crippen LogP contribution >= 0.6 is 11.8 Å². The molecule has 158 valence electrons. The number of nitrogens with zero attached hydrogens (tertiary/aromatic N) is 2. The normalized spacial score (nSPS) is 27.0. The number of esters is 1. The Bertz CT molecular complexity index is 854. The Morgan fingerprint density at radius 2 is 2.21 bits per heavy atom. The Labute approximate surface area is 173 Å². The minimum absolute atomic E-state index is 0.0265. The molecular weight excluding hydrogens is 399 g/mol. The van der Waals surface area contributed by atoms with Crippen LogP contribution in [0.15, 0.2) is 23.2 Å². The van der Waals surface area contributed by atoms with E-state index in [9.17, 15) is 19.3 Å².